The van der Waals surface area contributed by atoms with Crippen LogP contribution in [0.25, 0.3) is 0 Å². The van der Waals surface area contributed by atoms with Crippen molar-refractivity contribution in [1.82, 2.24) is 0 Å². The van der Waals surface area contributed by atoms with Gasteiger partial charge in [-0.1, -0.05) is 6.07 Å². The Morgan fingerprint density at radius 2 is 2.27 bits per heavy atom. The summed E-state index contributed by atoms with van der Waals surface area (Å²) in [5.41, 5.74) is -0.0807. The van der Waals surface area contributed by atoms with Crippen LogP contribution in [0.2, 0.25) is 0 Å². The molecule has 0 atom stereocenters. The molecule has 0 aliphatic rings. The largest absolute Gasteiger partial charge is 0.493 e. The summed E-state index contributed by atoms with van der Waals surface area (Å²) in [7, 11) is 0. The smallest absolute Gasteiger partial charge is 0.306 e. The number of aliphatic carboxylic acids is 1. The van der Waals surface area contributed by atoms with Crippen molar-refractivity contribution in [3.63, 3.8) is 0 Å². The molecule has 6 nitrogen and oxygen atoms in total. The zero-order valence-electron chi connectivity index (χ0n) is 7.75. The number of hydrogen-bond donors (Lipinski definition) is 1. The van der Waals surface area contributed by atoms with Crippen molar-refractivity contribution in [3.05, 3.63) is 34.4 Å². The van der Waals surface area contributed by atoms with Gasteiger partial charge in [0.05, 0.1) is 24.0 Å². The van der Waals surface area contributed by atoms with Gasteiger partial charge in [-0.3, -0.25) is 14.9 Å². The summed E-state index contributed by atoms with van der Waals surface area (Å²) in [4.78, 5) is 20.0. The summed E-state index contributed by atoms with van der Waals surface area (Å²) in [6, 6.07) is 5.61. The van der Waals surface area contributed by atoms with Gasteiger partial charge in [0, 0.05) is 6.07 Å². The zero-order chi connectivity index (χ0) is 11.3. The third kappa shape index (κ3) is 3.63. The highest BCUT2D eigenvalue weighted by Crippen LogP contribution is 2.18. The van der Waals surface area contributed by atoms with E-state index < -0.39 is 10.9 Å². The second-order valence-electron chi connectivity index (χ2n) is 2.75. The van der Waals surface area contributed by atoms with Crippen LogP contribution in [0.4, 0.5) is 5.69 Å². The molecule has 0 aliphatic heterocycles. The molecule has 1 N–H and O–H groups in total. The molecule has 0 bridgehead atoms. The Morgan fingerprint density at radius 1 is 1.53 bits per heavy atom. The maximum atomic E-state index is 10.4. The van der Waals surface area contributed by atoms with Gasteiger partial charge in [-0.05, 0) is 6.07 Å². The average molecular weight is 211 g/mol. The monoisotopic (exact) mass is 211 g/mol. The number of benzene rings is 1. The normalized spacial score (nSPS) is 9.60. The SMILES string of the molecule is O=C(O)CCOc1cccc([N+](=O)[O-])c1. The van der Waals surface area contributed by atoms with Crippen LogP contribution in [0, 0.1) is 10.1 Å². The van der Waals surface area contributed by atoms with Gasteiger partial charge in [-0.15, -0.1) is 0 Å². The van der Waals surface area contributed by atoms with Crippen LogP contribution >= 0.6 is 0 Å². The van der Waals surface area contributed by atoms with Crippen molar-refractivity contribution in [2.45, 2.75) is 6.42 Å². The number of rotatable bonds is 5. The predicted octanol–water partition coefficient (Wildman–Crippen LogP) is 1.45. The van der Waals surface area contributed by atoms with Crippen molar-refractivity contribution >= 4 is 11.7 Å². The predicted molar refractivity (Wildman–Crippen MR) is 50.8 cm³/mol. The Hall–Kier alpha value is -2.11. The maximum absolute atomic E-state index is 10.4. The zero-order valence-corrected chi connectivity index (χ0v) is 7.75. The summed E-state index contributed by atoms with van der Waals surface area (Å²) >= 11 is 0. The summed E-state index contributed by atoms with van der Waals surface area (Å²) < 4.78 is 5.02. The van der Waals surface area contributed by atoms with E-state index in [0.717, 1.165) is 0 Å². The van der Waals surface area contributed by atoms with Gasteiger partial charge in [0.2, 0.25) is 0 Å². The van der Waals surface area contributed by atoms with Crippen LogP contribution < -0.4 is 4.74 Å². The Morgan fingerprint density at radius 3 is 2.87 bits per heavy atom. The minimum Gasteiger partial charge on any atom is -0.493 e. The molecule has 0 fully saturated rings. The van der Waals surface area contributed by atoms with E-state index in [-0.39, 0.29) is 18.7 Å². The van der Waals surface area contributed by atoms with E-state index in [4.69, 9.17) is 9.84 Å². The number of non-ortho nitro benzene ring substituents is 1. The second kappa shape index (κ2) is 4.94. The van der Waals surface area contributed by atoms with Crippen molar-refractivity contribution in [2.24, 2.45) is 0 Å². The van der Waals surface area contributed by atoms with E-state index in [1.54, 1.807) is 0 Å². The van der Waals surface area contributed by atoms with Crippen LogP contribution in [0.1, 0.15) is 6.42 Å². The molecule has 0 saturated carbocycles. The van der Waals surface area contributed by atoms with Crippen LogP contribution in [0.3, 0.4) is 0 Å². The topological polar surface area (TPSA) is 89.7 Å². The first-order valence-corrected chi connectivity index (χ1v) is 4.18. The minimum atomic E-state index is -0.972. The van der Waals surface area contributed by atoms with Crippen LogP contribution in [0.5, 0.6) is 5.75 Å². The van der Waals surface area contributed by atoms with Crippen molar-refractivity contribution in [3.8, 4) is 5.75 Å². The van der Waals surface area contributed by atoms with Crippen LogP contribution in [-0.2, 0) is 4.79 Å². The Kier molecular flexibility index (Phi) is 3.61. The van der Waals surface area contributed by atoms with E-state index >= 15 is 0 Å². The molecule has 80 valence electrons. The van der Waals surface area contributed by atoms with E-state index in [0.29, 0.717) is 5.75 Å². The van der Waals surface area contributed by atoms with Gasteiger partial charge in [-0.25, -0.2) is 0 Å². The third-order valence-corrected chi connectivity index (χ3v) is 1.61. The van der Waals surface area contributed by atoms with Crippen molar-refractivity contribution in [1.29, 1.82) is 0 Å². The molecule has 0 aromatic heterocycles. The average Bonchev–Trinajstić information content (AvgIpc) is 2.17. The Bertz CT molecular complexity index is 377. The number of carboxylic acid groups (broad SMARTS) is 1. The number of carboxylic acids is 1. The number of nitrogens with zero attached hydrogens (tertiary/aromatic N) is 1. The summed E-state index contributed by atoms with van der Waals surface area (Å²) in [5.74, 6) is -0.675. The molecule has 0 heterocycles. The lowest BCUT2D eigenvalue weighted by Crippen LogP contribution is -2.04. The number of ether oxygens (including phenoxy) is 1. The molecular formula is C9H9NO5. The number of nitro benzene ring substituents is 1. The summed E-state index contributed by atoms with van der Waals surface area (Å²) in [5, 5.41) is 18.7. The fourth-order valence-electron chi connectivity index (χ4n) is 0.943. The lowest BCUT2D eigenvalue weighted by molar-refractivity contribution is -0.384. The molecule has 0 saturated heterocycles. The van der Waals surface area contributed by atoms with E-state index in [1.165, 1.54) is 24.3 Å². The van der Waals surface area contributed by atoms with Crippen LogP contribution in [0.15, 0.2) is 24.3 Å². The summed E-state index contributed by atoms with van der Waals surface area (Å²) in [6.45, 7) is -0.00347. The molecule has 0 radical (unpaired) electrons. The number of nitro groups is 1. The van der Waals surface area contributed by atoms with Gasteiger partial charge < -0.3 is 9.84 Å². The van der Waals surface area contributed by atoms with Crippen molar-refractivity contribution < 1.29 is 19.6 Å². The third-order valence-electron chi connectivity index (χ3n) is 1.61. The highest BCUT2D eigenvalue weighted by molar-refractivity contribution is 5.66. The van der Waals surface area contributed by atoms with E-state index in [9.17, 15) is 14.9 Å². The second-order valence-corrected chi connectivity index (χ2v) is 2.75. The van der Waals surface area contributed by atoms with E-state index in [2.05, 4.69) is 0 Å². The standard InChI is InChI=1S/C9H9NO5/c11-9(12)4-5-15-8-3-1-2-7(6-8)10(13)14/h1-3,6H,4-5H2,(H,11,12). The molecule has 15 heavy (non-hydrogen) atoms. The van der Waals surface area contributed by atoms with Gasteiger partial charge in [-0.2, -0.15) is 0 Å². The number of hydrogen-bond acceptors (Lipinski definition) is 4. The summed E-state index contributed by atoms with van der Waals surface area (Å²) in [6.07, 6.45) is -0.136. The minimum absolute atomic E-state index is 0.00347. The molecule has 0 aliphatic carbocycles. The lowest BCUT2D eigenvalue weighted by atomic mass is 10.3. The fourth-order valence-corrected chi connectivity index (χ4v) is 0.943. The molecule has 1 rings (SSSR count). The molecule has 6 heteroatoms. The molecule has 1 aromatic rings. The first-order chi connectivity index (χ1) is 7.09. The molecule has 0 unspecified atom stereocenters. The quantitative estimate of drug-likeness (QED) is 0.588. The molecule has 0 amide bonds. The van der Waals surface area contributed by atoms with Gasteiger partial charge in [0.1, 0.15) is 5.75 Å². The highest BCUT2D eigenvalue weighted by Gasteiger charge is 2.06. The van der Waals surface area contributed by atoms with Gasteiger partial charge in [0.15, 0.2) is 0 Å². The molecule has 0 spiro atoms. The Balaban J connectivity index is 2.58. The molecular weight excluding hydrogens is 202 g/mol. The van der Waals surface area contributed by atoms with Gasteiger partial charge in [0.25, 0.3) is 5.69 Å². The molecule has 1 aromatic carbocycles. The number of carbonyl (C=O) groups is 1. The Labute approximate surface area is 85.2 Å². The lowest BCUT2D eigenvalue weighted by Gasteiger charge is -2.03. The van der Waals surface area contributed by atoms with E-state index in [1.807, 2.05) is 0 Å². The van der Waals surface area contributed by atoms with Crippen LogP contribution in [-0.4, -0.2) is 22.6 Å². The highest BCUT2D eigenvalue weighted by atomic mass is 16.6. The maximum Gasteiger partial charge on any atom is 0.306 e. The van der Waals surface area contributed by atoms with Gasteiger partial charge >= 0.3 is 5.97 Å². The first kappa shape index (κ1) is 11.0. The fraction of sp³-hybridized carbons (Fsp3) is 0.222. The van der Waals surface area contributed by atoms with Crippen molar-refractivity contribution in [2.75, 3.05) is 6.61 Å². The first-order valence-electron chi connectivity index (χ1n) is 4.18.